The molecule has 0 saturated heterocycles. The summed E-state index contributed by atoms with van der Waals surface area (Å²) in [5, 5.41) is 0. The van der Waals surface area contributed by atoms with Crippen molar-refractivity contribution in [1.82, 2.24) is 42.0 Å². The van der Waals surface area contributed by atoms with Crippen molar-refractivity contribution in [2.24, 2.45) is 13.5 Å². The van der Waals surface area contributed by atoms with Crippen molar-refractivity contribution >= 4 is 30.9 Å². The van der Waals surface area contributed by atoms with E-state index in [2.05, 4.69) is 169 Å². The van der Waals surface area contributed by atoms with Crippen LogP contribution in [0.1, 0.15) is 0 Å². The van der Waals surface area contributed by atoms with Gasteiger partial charge in [-0.1, -0.05) is 0 Å². The van der Waals surface area contributed by atoms with Crippen molar-refractivity contribution in [2.45, 2.75) is 0 Å². The van der Waals surface area contributed by atoms with Crippen LogP contribution < -0.4 is 0 Å². The van der Waals surface area contributed by atoms with Crippen LogP contribution in [0.25, 0.3) is 0 Å². The van der Waals surface area contributed by atoms with E-state index in [9.17, 15) is 0 Å². The average Bonchev–Trinajstić information content (AvgIpc) is 2.64. The fourth-order valence-electron chi connectivity index (χ4n) is 4.32. The summed E-state index contributed by atoms with van der Waals surface area (Å²) in [6.45, 7) is 0. The lowest BCUT2D eigenvalue weighted by molar-refractivity contribution is 0.473. The molecule has 12 nitrogen and oxygen atoms in total. The second-order valence-corrected chi connectivity index (χ2v) is 22.9. The van der Waals surface area contributed by atoms with E-state index in [1.54, 1.807) is 0 Å². The largest absolute Gasteiger partial charge is 0.274 e. The van der Waals surface area contributed by atoms with Crippen LogP contribution in [0.2, 0.25) is 0 Å². The maximum atomic E-state index is 5.59. The molecule has 0 aromatic carbocycles. The van der Waals surface area contributed by atoms with Gasteiger partial charge in [-0.2, -0.15) is 13.5 Å². The zero-order valence-corrected chi connectivity index (χ0v) is 28.7. The van der Waals surface area contributed by atoms with Crippen molar-refractivity contribution in [3.05, 3.63) is 0 Å². The highest BCUT2D eigenvalue weighted by Gasteiger charge is 2.37. The molecule has 0 rings (SSSR count). The van der Waals surface area contributed by atoms with Crippen LogP contribution >= 0.6 is 30.9 Å². The zero-order valence-electron chi connectivity index (χ0n) is 25.2. The number of hydrogen-bond acceptors (Lipinski definition) is 3. The molecule has 0 N–H and O–H groups in total. The van der Waals surface area contributed by atoms with Gasteiger partial charge in [-0.15, -0.1) is 0 Å². The smallest absolute Gasteiger partial charge is 0.252 e. The van der Waals surface area contributed by atoms with E-state index in [-0.39, 0.29) is 0 Å². The second-order valence-electron chi connectivity index (χ2n) is 9.77. The van der Waals surface area contributed by atoms with Gasteiger partial charge in [-0.25, -0.2) is 0 Å². The fourth-order valence-corrected chi connectivity index (χ4v) is 20.5. The Labute approximate surface area is 213 Å². The van der Waals surface area contributed by atoms with E-state index in [0.717, 1.165) is 0 Å². The van der Waals surface area contributed by atoms with Gasteiger partial charge in [0.05, 0.1) is 0 Å². The van der Waals surface area contributed by atoms with E-state index in [1.165, 1.54) is 0 Å². The number of hydrogen-bond donors (Lipinski definition) is 0. The van der Waals surface area contributed by atoms with Crippen molar-refractivity contribution in [3.8, 4) is 0 Å². The Morgan fingerprint density at radius 2 is 0.412 bits per heavy atom. The maximum Gasteiger partial charge on any atom is 0.274 e. The molecule has 0 atom stereocenters. The first kappa shape index (κ1) is 34.8. The van der Waals surface area contributed by atoms with E-state index in [4.69, 9.17) is 13.5 Å². The molecule has 34 heavy (non-hydrogen) atoms. The Balaban J connectivity index is 8.11. The lowest BCUT2D eigenvalue weighted by Gasteiger charge is -2.44. The highest BCUT2D eigenvalue weighted by atomic mass is 31.2. The highest BCUT2D eigenvalue weighted by Crippen LogP contribution is 2.72. The van der Waals surface area contributed by atoms with Crippen molar-refractivity contribution in [1.29, 1.82) is 0 Å². The molecule has 0 bridgehead atoms. The van der Waals surface area contributed by atoms with E-state index < -0.39 is 30.9 Å². The van der Waals surface area contributed by atoms with E-state index >= 15 is 0 Å². The lowest BCUT2D eigenvalue weighted by Crippen LogP contribution is -2.31. The van der Waals surface area contributed by atoms with E-state index in [1.807, 2.05) is 0 Å². The highest BCUT2D eigenvalue weighted by molar-refractivity contribution is 7.76. The number of nitrogens with zero attached hydrogens (tertiary/aromatic N) is 12. The van der Waals surface area contributed by atoms with Crippen LogP contribution in [-0.4, -0.2) is 169 Å². The Morgan fingerprint density at radius 3 is 0.500 bits per heavy atom. The zero-order chi connectivity index (χ0) is 27.4. The topological polar surface area (TPSA) is 66.2 Å². The molecular formula is C18H54N12P4. The van der Waals surface area contributed by atoms with Crippen LogP contribution in [-0.2, 0) is 0 Å². The molecule has 0 aliphatic carbocycles. The standard InChI is InChI=1S/C18H54N12P4/c1-22(2)32(23(3)4,24(5)6)19-31(20-33(25(7)8,26(9)10)27(11)12)21-34(28(13)14,29(15)16)30(17)18/h1-18H3. The van der Waals surface area contributed by atoms with Gasteiger partial charge in [0.1, 0.15) is 0 Å². The maximum absolute atomic E-state index is 5.59. The first-order valence-electron chi connectivity index (χ1n) is 11.0. The van der Waals surface area contributed by atoms with Crippen LogP contribution in [0.15, 0.2) is 13.5 Å². The molecule has 0 fully saturated rings. The second kappa shape index (κ2) is 13.5. The number of rotatable bonds is 12. The third-order valence-electron chi connectivity index (χ3n) is 5.43. The van der Waals surface area contributed by atoms with Gasteiger partial charge in [-0.05, 0) is 127 Å². The first-order chi connectivity index (χ1) is 15.3. The summed E-state index contributed by atoms with van der Waals surface area (Å²) in [4.78, 5) is 0. The molecule has 0 aliphatic heterocycles. The third-order valence-corrected chi connectivity index (χ3v) is 19.9. The average molecular weight is 563 g/mol. The van der Waals surface area contributed by atoms with Crippen LogP contribution in [0.4, 0.5) is 0 Å². The van der Waals surface area contributed by atoms with Crippen LogP contribution in [0.3, 0.4) is 0 Å². The van der Waals surface area contributed by atoms with Gasteiger partial charge >= 0.3 is 0 Å². The van der Waals surface area contributed by atoms with E-state index in [0.29, 0.717) is 0 Å². The van der Waals surface area contributed by atoms with Gasteiger partial charge < -0.3 is 0 Å². The first-order valence-corrected chi connectivity index (χ1v) is 17.0. The molecule has 0 radical (unpaired) electrons. The molecule has 0 aliphatic rings. The predicted octanol–water partition coefficient (Wildman–Crippen LogP) is 4.11. The van der Waals surface area contributed by atoms with Gasteiger partial charge in [-0.3, -0.25) is 42.0 Å². The Kier molecular flexibility index (Phi) is 13.8. The fraction of sp³-hybridized carbons (Fsp3) is 1.00. The molecular weight excluding hydrogens is 508 g/mol. The van der Waals surface area contributed by atoms with Crippen molar-refractivity contribution < 1.29 is 0 Å². The summed E-state index contributed by atoms with van der Waals surface area (Å²) in [6.07, 6.45) is 0. The summed E-state index contributed by atoms with van der Waals surface area (Å²) < 4.78 is 36.8. The molecule has 0 spiro atoms. The minimum atomic E-state index is -2.23. The normalized spacial score (nSPS) is 14.5. The molecule has 0 unspecified atom stereocenters. The summed E-state index contributed by atoms with van der Waals surface area (Å²) in [6, 6.07) is 0. The summed E-state index contributed by atoms with van der Waals surface area (Å²) >= 11 is 0. The van der Waals surface area contributed by atoms with Crippen molar-refractivity contribution in [3.63, 3.8) is 0 Å². The summed E-state index contributed by atoms with van der Waals surface area (Å²) in [5.74, 6) is 0. The monoisotopic (exact) mass is 562 g/mol. The SMILES string of the molecule is CN(C)P(=NP(N=P(N(C)C)(N(C)C)N(C)C)N=P(N(C)C)(N(C)C)N(C)C)(N(C)C)N(C)C. The molecule has 0 aromatic heterocycles. The Hall–Kier alpha value is 0.760. The molecule has 0 heterocycles. The minimum Gasteiger partial charge on any atom is -0.252 e. The van der Waals surface area contributed by atoms with Gasteiger partial charge in [0.15, 0.2) is 22.5 Å². The van der Waals surface area contributed by atoms with Gasteiger partial charge in [0.25, 0.3) is 8.37 Å². The molecule has 206 valence electrons. The quantitative estimate of drug-likeness (QED) is 0.327. The Bertz CT molecular complexity index is 613. The molecule has 0 amide bonds. The van der Waals surface area contributed by atoms with Crippen molar-refractivity contribution in [2.75, 3.05) is 127 Å². The van der Waals surface area contributed by atoms with Gasteiger partial charge in [0, 0.05) is 0 Å². The summed E-state index contributed by atoms with van der Waals surface area (Å²) in [7, 11) is 29.6. The van der Waals surface area contributed by atoms with Gasteiger partial charge in [0.2, 0.25) is 0 Å². The lowest BCUT2D eigenvalue weighted by atomic mass is 11.2. The Morgan fingerprint density at radius 1 is 0.294 bits per heavy atom. The summed E-state index contributed by atoms with van der Waals surface area (Å²) in [5.41, 5.74) is 0. The predicted molar refractivity (Wildman–Crippen MR) is 158 cm³/mol. The molecule has 0 saturated carbocycles. The van der Waals surface area contributed by atoms with Crippen LogP contribution in [0.5, 0.6) is 0 Å². The molecule has 0 aromatic rings. The third kappa shape index (κ3) is 6.79. The minimum absolute atomic E-state index is 1.47. The molecule has 16 heteroatoms. The van der Waals surface area contributed by atoms with Crippen LogP contribution in [0, 0.1) is 0 Å².